The second kappa shape index (κ2) is 10.2. The molecule has 12 heteroatoms. The summed E-state index contributed by atoms with van der Waals surface area (Å²) < 4.78 is 15.5. The summed E-state index contributed by atoms with van der Waals surface area (Å²) in [5, 5.41) is 25.0. The normalized spacial score (nSPS) is 17.8. The first-order valence-corrected chi connectivity index (χ1v) is 15.4. The van der Waals surface area contributed by atoms with Gasteiger partial charge in [-0.3, -0.25) is 0 Å². The standard InChI is InChI=1S/C31H33FN8O2S/c1-4-24-28(36(3)29-34-27(26(13-33)43-29)20-5-7-21(32)8-6-20)25-12-22(11-19(2)40(25)35-24)39-17-31(18-39)9-10-37(16-31)30(42)38-14-23(41)15-38/h5-8,11-12,23,41H,4,9-10,14-18H2,1-3H3. The van der Waals surface area contributed by atoms with Gasteiger partial charge >= 0.3 is 6.03 Å². The monoisotopic (exact) mass is 600 g/mol. The molecule has 10 nitrogen and oxygen atoms in total. The number of anilines is 3. The Labute approximate surface area is 253 Å². The van der Waals surface area contributed by atoms with Crippen LogP contribution in [0.25, 0.3) is 16.8 Å². The lowest BCUT2D eigenvalue weighted by molar-refractivity contribution is 0.0157. The number of amides is 2. The number of hydrogen-bond donors (Lipinski definition) is 1. The number of nitriles is 1. The molecule has 0 aliphatic carbocycles. The molecule has 1 spiro atoms. The molecule has 0 radical (unpaired) electrons. The zero-order chi connectivity index (χ0) is 30.0. The fraction of sp³-hybridized carbons (Fsp3) is 0.419. The van der Waals surface area contributed by atoms with E-state index >= 15 is 0 Å². The Morgan fingerprint density at radius 1 is 1.21 bits per heavy atom. The largest absolute Gasteiger partial charge is 0.389 e. The Morgan fingerprint density at radius 3 is 2.63 bits per heavy atom. The number of benzene rings is 1. The summed E-state index contributed by atoms with van der Waals surface area (Å²) in [6.45, 7) is 8.27. The summed E-state index contributed by atoms with van der Waals surface area (Å²) in [6, 6.07) is 12.7. The van der Waals surface area contributed by atoms with Gasteiger partial charge in [-0.2, -0.15) is 10.4 Å². The lowest BCUT2D eigenvalue weighted by Crippen LogP contribution is -2.60. The first kappa shape index (κ1) is 27.6. The van der Waals surface area contributed by atoms with Gasteiger partial charge in [0.25, 0.3) is 0 Å². The van der Waals surface area contributed by atoms with Gasteiger partial charge in [0, 0.05) is 55.6 Å². The number of likely N-dealkylation sites (tertiary alicyclic amines) is 2. The summed E-state index contributed by atoms with van der Waals surface area (Å²) in [5.74, 6) is -0.334. The van der Waals surface area contributed by atoms with Gasteiger partial charge in [0.2, 0.25) is 0 Å². The highest BCUT2D eigenvalue weighted by Crippen LogP contribution is 2.44. The number of nitrogens with zero attached hydrogens (tertiary/aromatic N) is 8. The molecule has 0 atom stereocenters. The summed E-state index contributed by atoms with van der Waals surface area (Å²) >= 11 is 1.31. The number of fused-ring (bicyclic) bond motifs is 1. The van der Waals surface area contributed by atoms with E-state index < -0.39 is 0 Å². The lowest BCUT2D eigenvalue weighted by atomic mass is 9.78. The van der Waals surface area contributed by atoms with Crippen LogP contribution in [-0.4, -0.2) is 88.0 Å². The quantitative estimate of drug-likeness (QED) is 0.362. The van der Waals surface area contributed by atoms with Gasteiger partial charge in [0.05, 0.1) is 36.1 Å². The summed E-state index contributed by atoms with van der Waals surface area (Å²) in [4.78, 5) is 26.2. The van der Waals surface area contributed by atoms with Crippen molar-refractivity contribution >= 4 is 39.4 Å². The third-order valence-corrected chi connectivity index (χ3v) is 10.0. The third kappa shape index (κ3) is 4.58. The number of carbonyl (C=O) groups is 1. The number of aryl methyl sites for hydroxylation is 2. The van der Waals surface area contributed by atoms with Gasteiger partial charge in [-0.05, 0) is 56.2 Å². The van der Waals surface area contributed by atoms with Gasteiger partial charge in [0.15, 0.2) is 5.13 Å². The number of pyridine rings is 1. The van der Waals surface area contributed by atoms with E-state index in [4.69, 9.17) is 10.1 Å². The highest BCUT2D eigenvalue weighted by Gasteiger charge is 2.50. The van der Waals surface area contributed by atoms with Gasteiger partial charge in [0.1, 0.15) is 22.5 Å². The average molecular weight is 601 g/mol. The Morgan fingerprint density at radius 2 is 1.95 bits per heavy atom. The van der Waals surface area contributed by atoms with E-state index in [2.05, 4.69) is 36.9 Å². The van der Waals surface area contributed by atoms with Crippen LogP contribution in [0.3, 0.4) is 0 Å². The predicted molar refractivity (Wildman–Crippen MR) is 163 cm³/mol. The van der Waals surface area contributed by atoms with Crippen LogP contribution in [0.1, 0.15) is 29.6 Å². The molecule has 3 aliphatic heterocycles. The molecule has 4 aromatic rings. The molecule has 0 bridgehead atoms. The van der Waals surface area contributed by atoms with E-state index in [1.54, 1.807) is 17.0 Å². The molecule has 0 saturated carbocycles. The summed E-state index contributed by atoms with van der Waals surface area (Å²) in [7, 11) is 1.95. The van der Waals surface area contributed by atoms with Gasteiger partial charge < -0.3 is 24.7 Å². The predicted octanol–water partition coefficient (Wildman–Crippen LogP) is 4.42. The Kier molecular flexibility index (Phi) is 6.55. The number of urea groups is 1. The van der Waals surface area contributed by atoms with E-state index in [-0.39, 0.29) is 23.4 Å². The van der Waals surface area contributed by atoms with Crippen molar-refractivity contribution in [2.24, 2.45) is 5.41 Å². The van der Waals surface area contributed by atoms with Crippen LogP contribution < -0.4 is 9.80 Å². The maximum Gasteiger partial charge on any atom is 0.320 e. The molecule has 2 amide bonds. The molecule has 1 aromatic carbocycles. The minimum atomic E-state index is -0.389. The molecule has 222 valence electrons. The van der Waals surface area contributed by atoms with Crippen LogP contribution in [0, 0.1) is 29.5 Å². The smallest absolute Gasteiger partial charge is 0.320 e. The van der Waals surface area contributed by atoms with E-state index in [9.17, 15) is 19.6 Å². The Hall–Kier alpha value is -4.21. The number of rotatable bonds is 5. The van der Waals surface area contributed by atoms with Crippen LogP contribution in [0.15, 0.2) is 36.4 Å². The molecule has 6 heterocycles. The van der Waals surface area contributed by atoms with Crippen molar-refractivity contribution in [1.82, 2.24) is 24.4 Å². The molecule has 3 fully saturated rings. The number of β-amino-alcohol motifs (C(OH)–C–C–N with tert-alkyl or cyclic N) is 1. The van der Waals surface area contributed by atoms with Gasteiger partial charge in [-0.1, -0.05) is 18.3 Å². The summed E-state index contributed by atoms with van der Waals surface area (Å²) in [5.41, 5.74) is 6.32. The van der Waals surface area contributed by atoms with Crippen molar-refractivity contribution in [2.45, 2.75) is 32.8 Å². The minimum absolute atomic E-state index is 0.0428. The number of carbonyl (C=O) groups excluding carboxylic acids is 1. The SMILES string of the molecule is CCc1nn2c(C)cc(N3CC4(CCN(C(=O)N5CC(O)C5)C4)C3)cc2c1N(C)c1nc(-c2ccc(F)cc2)c(C#N)s1. The van der Waals surface area contributed by atoms with Crippen molar-refractivity contribution in [3.8, 4) is 17.3 Å². The number of thiazole rings is 1. The number of hydrogen-bond acceptors (Lipinski definition) is 8. The van der Waals surface area contributed by atoms with Crippen LogP contribution in [0.5, 0.6) is 0 Å². The van der Waals surface area contributed by atoms with E-state index in [1.807, 2.05) is 21.4 Å². The fourth-order valence-electron chi connectivity index (χ4n) is 6.65. The molecule has 43 heavy (non-hydrogen) atoms. The van der Waals surface area contributed by atoms with Crippen molar-refractivity contribution in [1.29, 1.82) is 5.26 Å². The molecular formula is C31H33FN8O2S. The fourth-order valence-corrected chi connectivity index (χ4v) is 7.51. The summed E-state index contributed by atoms with van der Waals surface area (Å²) in [6.07, 6.45) is 1.32. The molecule has 1 N–H and O–H groups in total. The number of halogens is 1. The van der Waals surface area contributed by atoms with E-state index in [0.29, 0.717) is 34.4 Å². The molecule has 7 rings (SSSR count). The van der Waals surface area contributed by atoms with Crippen LogP contribution in [0.4, 0.5) is 25.7 Å². The molecular weight excluding hydrogens is 567 g/mol. The highest BCUT2D eigenvalue weighted by atomic mass is 32.1. The second-order valence-electron chi connectivity index (χ2n) is 12.0. The van der Waals surface area contributed by atoms with Crippen molar-refractivity contribution in [2.75, 3.05) is 56.1 Å². The highest BCUT2D eigenvalue weighted by molar-refractivity contribution is 7.16. The van der Waals surface area contributed by atoms with E-state index in [0.717, 1.165) is 67.3 Å². The maximum absolute atomic E-state index is 13.6. The van der Waals surface area contributed by atoms with Crippen molar-refractivity contribution in [3.63, 3.8) is 0 Å². The zero-order valence-electron chi connectivity index (χ0n) is 24.4. The second-order valence-corrected chi connectivity index (χ2v) is 13.0. The van der Waals surface area contributed by atoms with Gasteiger partial charge in [-0.15, -0.1) is 0 Å². The average Bonchev–Trinajstić information content (AvgIpc) is 3.70. The van der Waals surface area contributed by atoms with Crippen molar-refractivity contribution in [3.05, 3.63) is 58.5 Å². The van der Waals surface area contributed by atoms with Crippen molar-refractivity contribution < 1.29 is 14.3 Å². The Balaban J connectivity index is 1.16. The first-order chi connectivity index (χ1) is 20.7. The van der Waals surface area contributed by atoms with Crippen LogP contribution in [-0.2, 0) is 6.42 Å². The molecule has 3 aliphatic rings. The number of aliphatic hydroxyl groups excluding tert-OH is 1. The first-order valence-electron chi connectivity index (χ1n) is 14.6. The molecule has 3 aromatic heterocycles. The minimum Gasteiger partial charge on any atom is -0.389 e. The number of aromatic nitrogens is 3. The zero-order valence-corrected chi connectivity index (χ0v) is 25.2. The number of aliphatic hydroxyl groups is 1. The Bertz CT molecular complexity index is 1760. The maximum atomic E-state index is 13.6. The van der Waals surface area contributed by atoms with Crippen LogP contribution in [0.2, 0.25) is 0 Å². The molecule has 3 saturated heterocycles. The van der Waals surface area contributed by atoms with Gasteiger partial charge in [-0.25, -0.2) is 18.7 Å². The van der Waals surface area contributed by atoms with Crippen LogP contribution >= 0.6 is 11.3 Å². The lowest BCUT2D eigenvalue weighted by Gasteiger charge is -2.49. The third-order valence-electron chi connectivity index (χ3n) is 8.99. The van der Waals surface area contributed by atoms with E-state index in [1.165, 1.54) is 23.5 Å². The molecule has 0 unspecified atom stereocenters. The topological polar surface area (TPSA) is 104 Å².